The Morgan fingerprint density at radius 2 is 2.12 bits per heavy atom. The molecular weight excluding hydrogens is 242 g/mol. The van der Waals surface area contributed by atoms with E-state index in [1.807, 2.05) is 0 Å². The van der Waals surface area contributed by atoms with Crippen LogP contribution in [0.1, 0.15) is 13.8 Å². The first-order valence-electron chi connectivity index (χ1n) is 5.49. The minimum atomic E-state index is -0.848. The number of anilines is 1. The Balaban J connectivity index is 2.00. The van der Waals surface area contributed by atoms with E-state index in [1.54, 1.807) is 11.8 Å². The summed E-state index contributed by atoms with van der Waals surface area (Å²) in [7, 11) is 0. The molecule has 1 aromatic rings. The van der Waals surface area contributed by atoms with Gasteiger partial charge >= 0.3 is 0 Å². The highest BCUT2D eigenvalue weighted by molar-refractivity contribution is 8.15. The zero-order valence-corrected chi connectivity index (χ0v) is 10.5. The van der Waals surface area contributed by atoms with Crippen LogP contribution in [0, 0.1) is 17.6 Å². The Kier molecular flexibility index (Phi) is 3.66. The van der Waals surface area contributed by atoms with Crippen molar-refractivity contribution in [1.29, 1.82) is 0 Å². The number of rotatable bonds is 2. The summed E-state index contributed by atoms with van der Waals surface area (Å²) in [6, 6.07) is 3.75. The average molecular weight is 256 g/mol. The van der Waals surface area contributed by atoms with Gasteiger partial charge in [0.05, 0.1) is 6.54 Å². The van der Waals surface area contributed by atoms with Crippen LogP contribution in [0.3, 0.4) is 0 Å². The molecule has 0 saturated carbocycles. The van der Waals surface area contributed by atoms with E-state index in [0.29, 0.717) is 16.9 Å². The smallest absolute Gasteiger partial charge is 0.161 e. The van der Waals surface area contributed by atoms with Gasteiger partial charge in [-0.2, -0.15) is 0 Å². The van der Waals surface area contributed by atoms with E-state index in [-0.39, 0.29) is 0 Å². The molecule has 5 heteroatoms. The monoisotopic (exact) mass is 256 g/mol. The first kappa shape index (κ1) is 12.4. The quantitative estimate of drug-likeness (QED) is 0.875. The molecular formula is C12H14F2N2S. The minimum absolute atomic E-state index is 0.461. The lowest BCUT2D eigenvalue weighted by atomic mass is 10.1. The van der Waals surface area contributed by atoms with Gasteiger partial charge < -0.3 is 5.32 Å². The molecule has 0 saturated heterocycles. The lowest BCUT2D eigenvalue weighted by Crippen LogP contribution is -2.13. The Hall–Kier alpha value is -1.10. The molecule has 0 aromatic heterocycles. The Labute approximate surface area is 104 Å². The highest BCUT2D eigenvalue weighted by atomic mass is 32.2. The van der Waals surface area contributed by atoms with Gasteiger partial charge in [0.1, 0.15) is 0 Å². The van der Waals surface area contributed by atoms with Crippen LogP contribution in [0.15, 0.2) is 23.2 Å². The molecule has 92 valence electrons. The van der Waals surface area contributed by atoms with E-state index in [9.17, 15) is 8.78 Å². The van der Waals surface area contributed by atoms with Crippen LogP contribution in [-0.4, -0.2) is 17.0 Å². The molecule has 2 nitrogen and oxygen atoms in total. The molecule has 1 heterocycles. The maximum absolute atomic E-state index is 13.0. The molecule has 0 fully saturated rings. The van der Waals surface area contributed by atoms with E-state index < -0.39 is 11.6 Å². The summed E-state index contributed by atoms with van der Waals surface area (Å²) in [5.74, 6) is -1.14. The number of hydrogen-bond donors (Lipinski definition) is 1. The SMILES string of the molecule is CC(C)C1CN=C(Nc2ccc(F)c(F)c2)S1. The fourth-order valence-corrected chi connectivity index (χ4v) is 2.54. The summed E-state index contributed by atoms with van der Waals surface area (Å²) >= 11 is 1.65. The molecule has 1 unspecified atom stereocenters. The maximum Gasteiger partial charge on any atom is 0.161 e. The van der Waals surface area contributed by atoms with Gasteiger partial charge in [0.2, 0.25) is 0 Å². The van der Waals surface area contributed by atoms with Crippen LogP contribution in [0.4, 0.5) is 14.5 Å². The molecule has 0 radical (unpaired) electrons. The predicted octanol–water partition coefficient (Wildman–Crippen LogP) is 3.50. The highest BCUT2D eigenvalue weighted by Gasteiger charge is 2.22. The van der Waals surface area contributed by atoms with Crippen LogP contribution in [0.25, 0.3) is 0 Å². The van der Waals surface area contributed by atoms with Crippen LogP contribution in [0.5, 0.6) is 0 Å². The van der Waals surface area contributed by atoms with Gasteiger partial charge in [0.15, 0.2) is 16.8 Å². The van der Waals surface area contributed by atoms with Gasteiger partial charge in [-0.3, -0.25) is 4.99 Å². The Morgan fingerprint density at radius 1 is 1.35 bits per heavy atom. The second-order valence-electron chi connectivity index (χ2n) is 4.30. The highest BCUT2D eigenvalue weighted by Crippen LogP contribution is 2.28. The summed E-state index contributed by atoms with van der Waals surface area (Å²) in [4.78, 5) is 4.34. The summed E-state index contributed by atoms with van der Waals surface area (Å²) in [5, 5.41) is 4.23. The third-order valence-corrected chi connectivity index (χ3v) is 4.04. The predicted molar refractivity (Wildman–Crippen MR) is 68.5 cm³/mol. The molecule has 1 aliphatic heterocycles. The maximum atomic E-state index is 13.0. The zero-order chi connectivity index (χ0) is 12.4. The van der Waals surface area contributed by atoms with Crippen LogP contribution < -0.4 is 5.32 Å². The van der Waals surface area contributed by atoms with E-state index in [1.165, 1.54) is 6.07 Å². The van der Waals surface area contributed by atoms with Crippen molar-refractivity contribution in [2.45, 2.75) is 19.1 Å². The number of nitrogens with one attached hydrogen (secondary N) is 1. The summed E-state index contributed by atoms with van der Waals surface area (Å²) < 4.78 is 25.7. The lowest BCUT2D eigenvalue weighted by Gasteiger charge is -2.12. The second kappa shape index (κ2) is 5.04. The zero-order valence-electron chi connectivity index (χ0n) is 9.71. The fourth-order valence-electron chi connectivity index (χ4n) is 1.50. The van der Waals surface area contributed by atoms with Gasteiger partial charge in [-0.15, -0.1) is 0 Å². The molecule has 2 rings (SSSR count). The van der Waals surface area contributed by atoms with Crippen molar-refractivity contribution in [3.63, 3.8) is 0 Å². The summed E-state index contributed by atoms with van der Waals surface area (Å²) in [5.41, 5.74) is 0.527. The van der Waals surface area contributed by atoms with Crippen molar-refractivity contribution in [2.75, 3.05) is 11.9 Å². The average Bonchev–Trinajstić information content (AvgIpc) is 2.72. The Bertz CT molecular complexity index is 446. The molecule has 0 bridgehead atoms. The van der Waals surface area contributed by atoms with Crippen molar-refractivity contribution in [1.82, 2.24) is 0 Å². The van der Waals surface area contributed by atoms with Gasteiger partial charge in [-0.1, -0.05) is 25.6 Å². The van der Waals surface area contributed by atoms with Gasteiger partial charge in [0.25, 0.3) is 0 Å². The lowest BCUT2D eigenvalue weighted by molar-refractivity contribution is 0.509. The molecule has 0 amide bonds. The van der Waals surface area contributed by atoms with Crippen LogP contribution in [0.2, 0.25) is 0 Å². The van der Waals surface area contributed by atoms with Crippen molar-refractivity contribution in [3.05, 3.63) is 29.8 Å². The molecule has 1 aliphatic rings. The Morgan fingerprint density at radius 3 is 2.71 bits per heavy atom. The van der Waals surface area contributed by atoms with Crippen LogP contribution >= 0.6 is 11.8 Å². The normalized spacial score (nSPS) is 19.6. The van der Waals surface area contributed by atoms with E-state index in [4.69, 9.17) is 0 Å². The van der Waals surface area contributed by atoms with E-state index in [0.717, 1.165) is 23.8 Å². The molecule has 1 aromatic carbocycles. The van der Waals surface area contributed by atoms with Gasteiger partial charge in [0, 0.05) is 17.0 Å². The molecule has 1 atom stereocenters. The number of nitrogens with zero attached hydrogens (tertiary/aromatic N) is 1. The first-order valence-corrected chi connectivity index (χ1v) is 6.37. The molecule has 0 aliphatic carbocycles. The number of amidine groups is 1. The number of aliphatic imine (C=N–C) groups is 1. The van der Waals surface area contributed by atoms with Crippen molar-refractivity contribution < 1.29 is 8.78 Å². The topological polar surface area (TPSA) is 24.4 Å². The molecule has 17 heavy (non-hydrogen) atoms. The van der Waals surface area contributed by atoms with Crippen molar-refractivity contribution in [3.8, 4) is 0 Å². The van der Waals surface area contributed by atoms with Gasteiger partial charge in [-0.05, 0) is 18.1 Å². The molecule has 0 spiro atoms. The van der Waals surface area contributed by atoms with E-state index in [2.05, 4.69) is 24.2 Å². The number of hydrogen-bond acceptors (Lipinski definition) is 3. The van der Waals surface area contributed by atoms with E-state index >= 15 is 0 Å². The molecule has 1 N–H and O–H groups in total. The third-order valence-electron chi connectivity index (χ3n) is 2.59. The largest absolute Gasteiger partial charge is 0.335 e. The number of halogens is 2. The van der Waals surface area contributed by atoms with Crippen molar-refractivity contribution in [2.24, 2.45) is 10.9 Å². The van der Waals surface area contributed by atoms with Gasteiger partial charge in [-0.25, -0.2) is 8.78 Å². The summed E-state index contributed by atoms with van der Waals surface area (Å²) in [6.07, 6.45) is 0. The van der Waals surface area contributed by atoms with Crippen LogP contribution in [-0.2, 0) is 0 Å². The minimum Gasteiger partial charge on any atom is -0.335 e. The first-order chi connectivity index (χ1) is 8.06. The number of thioether (sulfide) groups is 1. The standard InChI is InChI=1S/C12H14F2N2S/c1-7(2)11-6-15-12(17-11)16-8-3-4-9(13)10(14)5-8/h3-5,7,11H,6H2,1-2H3,(H,15,16). The second-order valence-corrected chi connectivity index (χ2v) is 5.53. The third kappa shape index (κ3) is 2.97. The number of benzene rings is 1. The summed E-state index contributed by atoms with van der Waals surface area (Å²) in [6.45, 7) is 5.07. The fraction of sp³-hybridized carbons (Fsp3) is 0.417. The van der Waals surface area contributed by atoms with Crippen molar-refractivity contribution >= 4 is 22.6 Å².